The van der Waals surface area contributed by atoms with E-state index < -0.39 is 16.1 Å². The zero-order valence-electron chi connectivity index (χ0n) is 18.8. The first-order valence-electron chi connectivity index (χ1n) is 10.7. The van der Waals surface area contributed by atoms with Crippen molar-refractivity contribution in [1.82, 2.24) is 9.21 Å². The number of fused-ring (bicyclic) bond motifs is 1. The molecule has 1 N–H and O–H groups in total. The number of amides is 2. The van der Waals surface area contributed by atoms with Gasteiger partial charge in [-0.3, -0.25) is 9.59 Å². The lowest BCUT2D eigenvalue weighted by molar-refractivity contribution is -0.134. The molecule has 1 saturated heterocycles. The maximum absolute atomic E-state index is 13.3. The van der Waals surface area contributed by atoms with Crippen molar-refractivity contribution in [2.45, 2.75) is 31.8 Å². The summed E-state index contributed by atoms with van der Waals surface area (Å²) in [6, 6.07) is 10.5. The molecule has 10 heteroatoms. The van der Waals surface area contributed by atoms with Gasteiger partial charge in [-0.1, -0.05) is 12.1 Å². The number of rotatable bonds is 5. The number of nitrogens with zero attached hydrogens (tertiary/aromatic N) is 2. The fourth-order valence-electron chi connectivity index (χ4n) is 3.88. The van der Waals surface area contributed by atoms with Gasteiger partial charge in [0.05, 0.1) is 10.6 Å². The molecule has 0 radical (unpaired) electrons. The molecule has 1 unspecified atom stereocenters. The van der Waals surface area contributed by atoms with E-state index in [4.69, 9.17) is 9.47 Å². The maximum Gasteiger partial charge on any atom is 0.265 e. The molecule has 2 aromatic rings. The lowest BCUT2D eigenvalue weighted by atomic mass is 10.1. The Morgan fingerprint density at radius 3 is 2.58 bits per heavy atom. The van der Waals surface area contributed by atoms with Crippen molar-refractivity contribution in [2.24, 2.45) is 0 Å². The summed E-state index contributed by atoms with van der Waals surface area (Å²) in [5, 5.41) is 2.73. The van der Waals surface area contributed by atoms with Crippen molar-refractivity contribution in [3.63, 3.8) is 0 Å². The fourth-order valence-corrected chi connectivity index (χ4v) is 5.52. The highest BCUT2D eigenvalue weighted by atomic mass is 32.2. The second kappa shape index (κ2) is 9.03. The lowest BCUT2D eigenvalue weighted by Crippen LogP contribution is -2.51. The van der Waals surface area contributed by atoms with E-state index in [0.29, 0.717) is 22.7 Å². The van der Waals surface area contributed by atoms with Crippen molar-refractivity contribution in [3.05, 3.63) is 47.5 Å². The second-order valence-electron chi connectivity index (χ2n) is 8.25. The van der Waals surface area contributed by atoms with Crippen LogP contribution in [0.4, 0.5) is 5.69 Å². The highest BCUT2D eigenvalue weighted by Crippen LogP contribution is 2.35. The van der Waals surface area contributed by atoms with Crippen LogP contribution in [-0.4, -0.2) is 68.3 Å². The Balaban J connectivity index is 1.40. The van der Waals surface area contributed by atoms with Crippen LogP contribution < -0.4 is 14.8 Å². The molecule has 33 heavy (non-hydrogen) atoms. The van der Waals surface area contributed by atoms with Gasteiger partial charge >= 0.3 is 0 Å². The molecule has 2 heterocycles. The minimum Gasteiger partial charge on any atom is -0.484 e. The van der Waals surface area contributed by atoms with Gasteiger partial charge in [-0.15, -0.1) is 0 Å². The topological polar surface area (TPSA) is 105 Å². The van der Waals surface area contributed by atoms with Crippen LogP contribution in [0.15, 0.2) is 41.3 Å². The average Bonchev–Trinajstić information content (AvgIpc) is 2.78. The van der Waals surface area contributed by atoms with E-state index in [1.807, 2.05) is 25.1 Å². The number of ether oxygens (including phenoxy) is 2. The van der Waals surface area contributed by atoms with Crippen LogP contribution in [0.25, 0.3) is 0 Å². The molecule has 0 saturated carbocycles. The van der Waals surface area contributed by atoms with Gasteiger partial charge in [-0.2, -0.15) is 4.31 Å². The maximum atomic E-state index is 13.3. The van der Waals surface area contributed by atoms with Crippen LogP contribution in [-0.2, 0) is 19.6 Å². The first-order chi connectivity index (χ1) is 15.6. The second-order valence-corrected chi connectivity index (χ2v) is 10.2. The smallest absolute Gasteiger partial charge is 0.265 e. The fraction of sp³-hybridized carbons (Fsp3) is 0.391. The summed E-state index contributed by atoms with van der Waals surface area (Å²) >= 11 is 0. The minimum atomic E-state index is -3.79. The number of carbonyl (C=O) groups excluding carboxylic acids is 2. The van der Waals surface area contributed by atoms with Crippen LogP contribution in [0.3, 0.4) is 0 Å². The number of benzene rings is 2. The van der Waals surface area contributed by atoms with Gasteiger partial charge < -0.3 is 19.7 Å². The van der Waals surface area contributed by atoms with Crippen LogP contribution in [0.5, 0.6) is 11.5 Å². The Kier molecular flexibility index (Phi) is 6.31. The number of sulfonamides is 1. The van der Waals surface area contributed by atoms with Gasteiger partial charge in [0, 0.05) is 32.2 Å². The Morgan fingerprint density at radius 1 is 1.15 bits per heavy atom. The number of anilines is 1. The van der Waals surface area contributed by atoms with Gasteiger partial charge in [0.25, 0.3) is 11.8 Å². The summed E-state index contributed by atoms with van der Waals surface area (Å²) < 4.78 is 39.2. The molecule has 176 valence electrons. The average molecular weight is 474 g/mol. The van der Waals surface area contributed by atoms with Crippen LogP contribution in [0.2, 0.25) is 0 Å². The number of hydrogen-bond acceptors (Lipinski definition) is 6. The molecule has 2 aromatic carbocycles. The Bertz CT molecular complexity index is 1190. The molecule has 0 bridgehead atoms. The normalized spacial score (nSPS) is 18.8. The van der Waals surface area contributed by atoms with E-state index in [9.17, 15) is 18.0 Å². The zero-order valence-corrected chi connectivity index (χ0v) is 19.6. The number of nitrogens with one attached hydrogen (secondary N) is 1. The molecule has 0 aromatic heterocycles. The van der Waals surface area contributed by atoms with Crippen LogP contribution >= 0.6 is 0 Å². The Labute approximate surface area is 193 Å². The third-order valence-electron chi connectivity index (χ3n) is 5.77. The van der Waals surface area contributed by atoms with E-state index in [0.717, 1.165) is 5.56 Å². The summed E-state index contributed by atoms with van der Waals surface area (Å²) in [7, 11) is -3.79. The standard InChI is InChI=1S/C23H27N3O6S/c1-15-5-4-6-18(11-15)31-14-22(27)25-7-9-26(10-8-25)33(29,30)21-13-20-19(12-16(21)2)24-23(28)17(3)32-20/h4-6,11-13,17H,7-10,14H2,1-3H3,(H,24,28). The zero-order chi connectivity index (χ0) is 23.8. The molecule has 2 aliphatic heterocycles. The predicted octanol–water partition coefficient (Wildman–Crippen LogP) is 1.93. The van der Waals surface area contributed by atoms with Crippen molar-refractivity contribution >= 4 is 27.5 Å². The lowest BCUT2D eigenvalue weighted by Gasteiger charge is -2.34. The quantitative estimate of drug-likeness (QED) is 0.712. The van der Waals surface area contributed by atoms with E-state index in [1.165, 1.54) is 10.4 Å². The summed E-state index contributed by atoms with van der Waals surface area (Å²) in [6.07, 6.45) is -0.702. The van der Waals surface area contributed by atoms with E-state index in [1.54, 1.807) is 30.9 Å². The van der Waals surface area contributed by atoms with E-state index in [2.05, 4.69) is 5.32 Å². The molecule has 0 aliphatic carbocycles. The van der Waals surface area contributed by atoms with Crippen LogP contribution in [0, 0.1) is 13.8 Å². The van der Waals surface area contributed by atoms with Gasteiger partial charge in [-0.25, -0.2) is 8.42 Å². The molecule has 4 rings (SSSR count). The molecule has 2 amide bonds. The highest BCUT2D eigenvalue weighted by Gasteiger charge is 2.33. The van der Waals surface area contributed by atoms with Crippen molar-refractivity contribution < 1.29 is 27.5 Å². The summed E-state index contributed by atoms with van der Waals surface area (Å²) in [5.41, 5.74) is 2.01. The molecule has 2 aliphatic rings. The molecule has 1 atom stereocenters. The van der Waals surface area contributed by atoms with Crippen molar-refractivity contribution in [1.29, 1.82) is 0 Å². The third-order valence-corrected chi connectivity index (χ3v) is 7.81. The molecule has 0 spiro atoms. The summed E-state index contributed by atoms with van der Waals surface area (Å²) in [6.45, 7) is 6.06. The van der Waals surface area contributed by atoms with Gasteiger partial charge in [0.1, 0.15) is 11.5 Å². The largest absolute Gasteiger partial charge is 0.484 e. The molecular weight excluding hydrogens is 446 g/mol. The first-order valence-corrected chi connectivity index (χ1v) is 12.2. The Hall–Kier alpha value is -3.11. The number of carbonyl (C=O) groups is 2. The van der Waals surface area contributed by atoms with Crippen LogP contribution in [0.1, 0.15) is 18.1 Å². The molecular formula is C23H27N3O6S. The SMILES string of the molecule is Cc1cccc(OCC(=O)N2CCN(S(=O)(=O)c3cc4c(cc3C)NC(=O)C(C)O4)CC2)c1. The monoisotopic (exact) mass is 473 g/mol. The van der Waals surface area contributed by atoms with E-state index in [-0.39, 0.29) is 49.5 Å². The highest BCUT2D eigenvalue weighted by molar-refractivity contribution is 7.89. The third kappa shape index (κ3) is 4.81. The first kappa shape index (κ1) is 23.1. The van der Waals surface area contributed by atoms with Gasteiger partial charge in [-0.05, 0) is 50.1 Å². The predicted molar refractivity (Wildman–Crippen MR) is 122 cm³/mol. The molecule has 1 fully saturated rings. The van der Waals surface area contributed by atoms with Crippen molar-refractivity contribution in [3.8, 4) is 11.5 Å². The van der Waals surface area contributed by atoms with Gasteiger partial charge in [0.15, 0.2) is 12.7 Å². The summed E-state index contributed by atoms with van der Waals surface area (Å²) in [4.78, 5) is 26.1. The van der Waals surface area contributed by atoms with E-state index >= 15 is 0 Å². The minimum absolute atomic E-state index is 0.0959. The van der Waals surface area contributed by atoms with Gasteiger partial charge in [0.2, 0.25) is 10.0 Å². The molecule has 9 nitrogen and oxygen atoms in total. The number of aryl methyl sites for hydroxylation is 2. The number of piperazine rings is 1. The summed E-state index contributed by atoms with van der Waals surface area (Å²) in [5.74, 6) is 0.495. The number of hydrogen-bond donors (Lipinski definition) is 1. The Morgan fingerprint density at radius 2 is 1.88 bits per heavy atom. The van der Waals surface area contributed by atoms with Crippen molar-refractivity contribution in [2.75, 3.05) is 38.1 Å².